The highest BCUT2D eigenvalue weighted by Crippen LogP contribution is 2.32. The zero-order valence-electron chi connectivity index (χ0n) is 11.9. The lowest BCUT2D eigenvalue weighted by molar-refractivity contribution is -0.114. The van der Waals surface area contributed by atoms with Gasteiger partial charge in [-0.15, -0.1) is 11.3 Å². The molecule has 1 aromatic carbocycles. The van der Waals surface area contributed by atoms with Crippen molar-refractivity contribution in [2.24, 2.45) is 0 Å². The second kappa shape index (κ2) is 7.39. The van der Waals surface area contributed by atoms with Gasteiger partial charge in [0.2, 0.25) is 5.91 Å². The van der Waals surface area contributed by atoms with Crippen LogP contribution in [0.25, 0.3) is 0 Å². The van der Waals surface area contributed by atoms with Crippen LogP contribution in [0.5, 0.6) is 0 Å². The predicted molar refractivity (Wildman–Crippen MR) is 96.3 cm³/mol. The molecule has 0 saturated heterocycles. The largest absolute Gasteiger partial charge is 0.345 e. The van der Waals surface area contributed by atoms with Crippen molar-refractivity contribution in [3.63, 3.8) is 0 Å². The number of carbonyl (C=O) groups excluding carboxylic acids is 2. The summed E-state index contributed by atoms with van der Waals surface area (Å²) >= 11 is 8.12. The van der Waals surface area contributed by atoms with Crippen LogP contribution < -0.4 is 10.6 Å². The minimum atomic E-state index is -0.166. The number of thiophene rings is 1. The van der Waals surface area contributed by atoms with E-state index < -0.39 is 0 Å². The number of anilines is 1. The lowest BCUT2D eigenvalue weighted by Gasteiger charge is -2.15. The monoisotopic (exact) mass is 444 g/mol. The Kier molecular flexibility index (Phi) is 5.77. The van der Waals surface area contributed by atoms with Crippen molar-refractivity contribution in [3.8, 4) is 0 Å². The van der Waals surface area contributed by atoms with Gasteiger partial charge in [-0.1, -0.05) is 12.1 Å². The number of benzene rings is 1. The number of amides is 2. The average Bonchev–Trinajstić information content (AvgIpc) is 2.78. The Morgan fingerprint density at radius 1 is 1.23 bits per heavy atom. The summed E-state index contributed by atoms with van der Waals surface area (Å²) in [5, 5.41) is 5.68. The Bertz CT molecular complexity index is 696. The smallest absolute Gasteiger partial charge is 0.261 e. The molecule has 1 heterocycles. The van der Waals surface area contributed by atoms with Crippen LogP contribution in [0, 0.1) is 0 Å². The predicted octanol–water partition coefficient (Wildman–Crippen LogP) is 4.72. The van der Waals surface area contributed by atoms with E-state index in [-0.39, 0.29) is 17.9 Å². The summed E-state index contributed by atoms with van der Waals surface area (Å²) in [6, 6.07) is 9.04. The number of halogens is 2. The minimum absolute atomic E-state index is 0.123. The molecule has 1 unspecified atom stereocenters. The maximum absolute atomic E-state index is 12.2. The Morgan fingerprint density at radius 2 is 1.95 bits per heavy atom. The van der Waals surface area contributed by atoms with E-state index in [9.17, 15) is 9.59 Å². The Balaban J connectivity index is 2.09. The van der Waals surface area contributed by atoms with Crippen molar-refractivity contribution < 1.29 is 9.59 Å². The second-order valence-corrected chi connectivity index (χ2v) is 7.96. The first-order valence-electron chi connectivity index (χ1n) is 6.50. The lowest BCUT2D eigenvalue weighted by Crippen LogP contribution is -2.26. The summed E-state index contributed by atoms with van der Waals surface area (Å²) in [4.78, 5) is 24.0. The molecule has 1 atom stereocenters. The normalized spacial score (nSPS) is 11.8. The molecule has 22 heavy (non-hydrogen) atoms. The van der Waals surface area contributed by atoms with E-state index in [2.05, 4.69) is 42.5 Å². The molecule has 2 rings (SSSR count). The van der Waals surface area contributed by atoms with Gasteiger partial charge in [-0.25, -0.2) is 0 Å². The molecule has 2 amide bonds. The first-order chi connectivity index (χ1) is 10.4. The molecular weight excluding hydrogens is 432 g/mol. The van der Waals surface area contributed by atoms with Gasteiger partial charge in [0.1, 0.15) is 0 Å². The van der Waals surface area contributed by atoms with E-state index in [1.807, 2.05) is 31.2 Å². The van der Waals surface area contributed by atoms with E-state index in [4.69, 9.17) is 0 Å². The van der Waals surface area contributed by atoms with Gasteiger partial charge in [0.15, 0.2) is 0 Å². The first kappa shape index (κ1) is 17.2. The summed E-state index contributed by atoms with van der Waals surface area (Å²) in [6.45, 7) is 3.37. The van der Waals surface area contributed by atoms with Crippen LogP contribution in [0.3, 0.4) is 0 Å². The van der Waals surface area contributed by atoms with Crippen LogP contribution in [0.2, 0.25) is 0 Å². The van der Waals surface area contributed by atoms with Gasteiger partial charge >= 0.3 is 0 Å². The van der Waals surface area contributed by atoms with Gasteiger partial charge < -0.3 is 10.6 Å². The SMILES string of the molecule is CC(=O)Nc1cccc(C(C)NC(=O)c2cc(Br)c(Br)s2)c1. The third-order valence-electron chi connectivity index (χ3n) is 2.92. The molecule has 0 bridgehead atoms. The summed E-state index contributed by atoms with van der Waals surface area (Å²) in [6.07, 6.45) is 0. The van der Waals surface area contributed by atoms with Gasteiger partial charge in [0.05, 0.1) is 14.7 Å². The molecule has 0 aliphatic carbocycles. The summed E-state index contributed by atoms with van der Waals surface area (Å²) in [5.74, 6) is -0.254. The summed E-state index contributed by atoms with van der Waals surface area (Å²) in [5.41, 5.74) is 1.64. The topological polar surface area (TPSA) is 58.2 Å². The fourth-order valence-electron chi connectivity index (χ4n) is 1.90. The van der Waals surface area contributed by atoms with E-state index in [0.717, 1.165) is 13.8 Å². The van der Waals surface area contributed by atoms with Crippen LogP contribution in [0.1, 0.15) is 35.1 Å². The third-order valence-corrected chi connectivity index (χ3v) is 6.18. The number of rotatable bonds is 4. The van der Waals surface area contributed by atoms with Crippen molar-refractivity contribution in [2.45, 2.75) is 19.9 Å². The molecule has 2 aromatic rings. The van der Waals surface area contributed by atoms with Gasteiger partial charge in [-0.05, 0) is 62.5 Å². The highest BCUT2D eigenvalue weighted by molar-refractivity contribution is 9.13. The van der Waals surface area contributed by atoms with E-state index >= 15 is 0 Å². The van der Waals surface area contributed by atoms with Crippen molar-refractivity contribution in [3.05, 3.63) is 49.0 Å². The van der Waals surface area contributed by atoms with Crippen molar-refractivity contribution in [1.82, 2.24) is 5.32 Å². The highest BCUT2D eigenvalue weighted by atomic mass is 79.9. The molecule has 0 saturated carbocycles. The van der Waals surface area contributed by atoms with Gasteiger partial charge in [-0.2, -0.15) is 0 Å². The van der Waals surface area contributed by atoms with Crippen LogP contribution in [-0.2, 0) is 4.79 Å². The third kappa shape index (κ3) is 4.41. The fraction of sp³-hybridized carbons (Fsp3) is 0.200. The molecule has 4 nitrogen and oxygen atoms in total. The molecule has 0 spiro atoms. The van der Waals surface area contributed by atoms with Crippen LogP contribution in [0.15, 0.2) is 38.6 Å². The number of nitrogens with one attached hydrogen (secondary N) is 2. The Labute approximate surface area is 149 Å². The molecule has 0 aliphatic rings. The van der Waals surface area contributed by atoms with Crippen molar-refractivity contribution >= 4 is 60.7 Å². The van der Waals surface area contributed by atoms with E-state index in [1.54, 1.807) is 6.07 Å². The first-order valence-corrected chi connectivity index (χ1v) is 8.90. The Hall–Kier alpha value is -1.18. The van der Waals surface area contributed by atoms with Crippen molar-refractivity contribution in [1.29, 1.82) is 0 Å². The molecule has 0 fully saturated rings. The molecule has 0 aliphatic heterocycles. The minimum Gasteiger partial charge on any atom is -0.345 e. The van der Waals surface area contributed by atoms with Crippen molar-refractivity contribution in [2.75, 3.05) is 5.32 Å². The molecule has 1 aromatic heterocycles. The number of carbonyl (C=O) groups is 2. The van der Waals surface area contributed by atoms with E-state index in [1.165, 1.54) is 18.3 Å². The second-order valence-electron chi connectivity index (χ2n) is 4.73. The quantitative estimate of drug-likeness (QED) is 0.714. The maximum atomic E-state index is 12.2. The average molecular weight is 446 g/mol. The zero-order chi connectivity index (χ0) is 16.3. The van der Waals surface area contributed by atoms with Gasteiger partial charge in [0, 0.05) is 17.1 Å². The van der Waals surface area contributed by atoms with Crippen LogP contribution >= 0.6 is 43.2 Å². The standard InChI is InChI=1S/C15H14Br2N2O2S/c1-8(10-4-3-5-11(6-10)19-9(2)20)18-15(21)13-7-12(16)14(17)22-13/h3-8H,1-2H3,(H,18,21)(H,19,20). The Morgan fingerprint density at radius 3 is 2.55 bits per heavy atom. The van der Waals surface area contributed by atoms with Crippen LogP contribution in [-0.4, -0.2) is 11.8 Å². The molecule has 2 N–H and O–H groups in total. The molecule has 116 valence electrons. The van der Waals surface area contributed by atoms with Gasteiger partial charge in [-0.3, -0.25) is 9.59 Å². The van der Waals surface area contributed by atoms with Crippen LogP contribution in [0.4, 0.5) is 5.69 Å². The summed E-state index contributed by atoms with van der Waals surface area (Å²) < 4.78 is 1.75. The van der Waals surface area contributed by atoms with Gasteiger partial charge in [0.25, 0.3) is 5.91 Å². The molecule has 7 heteroatoms. The lowest BCUT2D eigenvalue weighted by atomic mass is 10.1. The van der Waals surface area contributed by atoms with E-state index in [0.29, 0.717) is 10.6 Å². The molecular formula is C15H14Br2N2O2S. The highest BCUT2D eigenvalue weighted by Gasteiger charge is 2.15. The number of hydrogen-bond acceptors (Lipinski definition) is 3. The zero-order valence-corrected chi connectivity index (χ0v) is 15.9. The summed E-state index contributed by atoms with van der Waals surface area (Å²) in [7, 11) is 0. The maximum Gasteiger partial charge on any atom is 0.261 e. The number of hydrogen-bond donors (Lipinski definition) is 2. The molecule has 0 radical (unpaired) electrons. The fourth-order valence-corrected chi connectivity index (χ4v) is 3.84.